The second-order valence-corrected chi connectivity index (χ2v) is 8.72. The van der Waals surface area contributed by atoms with Gasteiger partial charge in [-0.3, -0.25) is 9.59 Å². The van der Waals surface area contributed by atoms with E-state index in [-0.39, 0.29) is 30.4 Å². The van der Waals surface area contributed by atoms with Crippen LogP contribution in [0.3, 0.4) is 0 Å². The molecule has 33 heavy (non-hydrogen) atoms. The molecule has 2 amide bonds. The molecule has 0 unspecified atom stereocenters. The van der Waals surface area contributed by atoms with Crippen molar-refractivity contribution in [3.8, 4) is 11.5 Å². The summed E-state index contributed by atoms with van der Waals surface area (Å²) >= 11 is 0. The van der Waals surface area contributed by atoms with Crippen LogP contribution < -0.4 is 19.7 Å². The van der Waals surface area contributed by atoms with Gasteiger partial charge in [-0.05, 0) is 62.1 Å². The van der Waals surface area contributed by atoms with Gasteiger partial charge in [-0.25, -0.2) is 0 Å². The number of methoxy groups -OCH3 is 1. The SMILES string of the molecule is COc1ccc(N2CCC(NC(=O)C3CCN(C(=O)COc4ccccc4)CC3)CC2)cc1. The molecule has 1 N–H and O–H groups in total. The van der Waals surface area contributed by atoms with E-state index in [2.05, 4.69) is 22.3 Å². The maximum atomic E-state index is 12.8. The predicted octanol–water partition coefficient (Wildman–Crippen LogP) is 3.10. The molecule has 2 aromatic carbocycles. The van der Waals surface area contributed by atoms with Crippen molar-refractivity contribution in [2.75, 3.05) is 44.8 Å². The quantitative estimate of drug-likeness (QED) is 0.701. The Bertz CT molecular complexity index is 903. The Morgan fingerprint density at radius 2 is 1.55 bits per heavy atom. The fraction of sp³-hybridized carbons (Fsp3) is 0.462. The summed E-state index contributed by atoms with van der Waals surface area (Å²) in [4.78, 5) is 29.4. The third-order valence-corrected chi connectivity index (χ3v) is 6.60. The summed E-state index contributed by atoms with van der Waals surface area (Å²) in [7, 11) is 1.67. The molecule has 0 aromatic heterocycles. The molecule has 4 rings (SSSR count). The van der Waals surface area contributed by atoms with Crippen LogP contribution >= 0.6 is 0 Å². The van der Waals surface area contributed by atoms with Gasteiger partial charge in [0, 0.05) is 43.8 Å². The van der Waals surface area contributed by atoms with E-state index in [1.54, 1.807) is 12.0 Å². The first-order valence-corrected chi connectivity index (χ1v) is 11.8. The number of benzene rings is 2. The molecule has 0 atom stereocenters. The maximum Gasteiger partial charge on any atom is 0.260 e. The Kier molecular flexibility index (Phi) is 7.70. The standard InChI is InChI=1S/C26H33N3O4/c1-32-23-9-7-22(8-10-23)28-17-13-21(14-18-28)27-26(31)20-11-15-29(16-12-20)25(30)19-33-24-5-3-2-4-6-24/h2-10,20-21H,11-19H2,1H3,(H,27,31). The molecule has 7 heteroatoms. The van der Waals surface area contributed by atoms with Crippen molar-refractivity contribution in [3.05, 3.63) is 54.6 Å². The van der Waals surface area contributed by atoms with E-state index in [9.17, 15) is 9.59 Å². The Morgan fingerprint density at radius 1 is 0.879 bits per heavy atom. The number of para-hydroxylation sites is 1. The van der Waals surface area contributed by atoms with Gasteiger partial charge >= 0.3 is 0 Å². The van der Waals surface area contributed by atoms with Crippen LogP contribution in [0.4, 0.5) is 5.69 Å². The van der Waals surface area contributed by atoms with Gasteiger partial charge in [-0.2, -0.15) is 0 Å². The highest BCUT2D eigenvalue weighted by molar-refractivity contribution is 5.81. The van der Waals surface area contributed by atoms with Crippen LogP contribution in [0.25, 0.3) is 0 Å². The molecule has 2 heterocycles. The number of carbonyl (C=O) groups excluding carboxylic acids is 2. The van der Waals surface area contributed by atoms with Crippen molar-refractivity contribution < 1.29 is 19.1 Å². The van der Waals surface area contributed by atoms with Crippen LogP contribution in [-0.4, -0.2) is 62.7 Å². The topological polar surface area (TPSA) is 71.1 Å². The first-order chi connectivity index (χ1) is 16.1. The van der Waals surface area contributed by atoms with Gasteiger partial charge < -0.3 is 24.6 Å². The zero-order chi connectivity index (χ0) is 23.0. The lowest BCUT2D eigenvalue weighted by molar-refractivity contribution is -0.137. The molecule has 0 bridgehead atoms. The average molecular weight is 452 g/mol. The van der Waals surface area contributed by atoms with Gasteiger partial charge in [0.05, 0.1) is 7.11 Å². The molecule has 0 radical (unpaired) electrons. The largest absolute Gasteiger partial charge is 0.497 e. The number of carbonyl (C=O) groups is 2. The first-order valence-electron chi connectivity index (χ1n) is 11.8. The van der Waals surface area contributed by atoms with Crippen LogP contribution in [0.15, 0.2) is 54.6 Å². The Hall–Kier alpha value is -3.22. The fourth-order valence-corrected chi connectivity index (χ4v) is 4.54. The van der Waals surface area contributed by atoms with Crippen molar-refractivity contribution in [1.82, 2.24) is 10.2 Å². The van der Waals surface area contributed by atoms with Gasteiger partial charge in [0.2, 0.25) is 5.91 Å². The number of likely N-dealkylation sites (tertiary alicyclic amines) is 1. The van der Waals surface area contributed by atoms with E-state index >= 15 is 0 Å². The molecule has 2 aliphatic heterocycles. The van der Waals surface area contributed by atoms with Crippen molar-refractivity contribution in [1.29, 1.82) is 0 Å². The van der Waals surface area contributed by atoms with Gasteiger partial charge in [0.25, 0.3) is 5.91 Å². The van der Waals surface area contributed by atoms with Crippen LogP contribution in [0.5, 0.6) is 11.5 Å². The lowest BCUT2D eigenvalue weighted by atomic mass is 9.94. The normalized spacial score (nSPS) is 17.5. The Balaban J connectivity index is 1.16. The third-order valence-electron chi connectivity index (χ3n) is 6.60. The van der Waals surface area contributed by atoms with Gasteiger partial charge in [-0.15, -0.1) is 0 Å². The van der Waals surface area contributed by atoms with E-state index in [0.717, 1.165) is 31.7 Å². The number of ether oxygens (including phenoxy) is 2. The number of nitrogens with one attached hydrogen (secondary N) is 1. The molecule has 0 saturated carbocycles. The lowest BCUT2D eigenvalue weighted by Gasteiger charge is -2.36. The maximum absolute atomic E-state index is 12.8. The number of hydrogen-bond acceptors (Lipinski definition) is 5. The average Bonchev–Trinajstić information content (AvgIpc) is 2.88. The fourth-order valence-electron chi connectivity index (χ4n) is 4.54. The minimum atomic E-state index is -0.0244. The molecule has 7 nitrogen and oxygen atoms in total. The van der Waals surface area contributed by atoms with E-state index in [1.807, 2.05) is 42.5 Å². The van der Waals surface area contributed by atoms with E-state index in [1.165, 1.54) is 5.69 Å². The molecule has 0 aliphatic carbocycles. The molecule has 2 fully saturated rings. The number of piperidine rings is 2. The summed E-state index contributed by atoms with van der Waals surface area (Å²) in [5.74, 6) is 1.63. The minimum absolute atomic E-state index is 0.0243. The van der Waals surface area contributed by atoms with Crippen LogP contribution in [0.1, 0.15) is 25.7 Å². The second-order valence-electron chi connectivity index (χ2n) is 8.72. The monoisotopic (exact) mass is 451 g/mol. The summed E-state index contributed by atoms with van der Waals surface area (Å²) in [5.41, 5.74) is 1.19. The van der Waals surface area contributed by atoms with Crippen molar-refractivity contribution in [3.63, 3.8) is 0 Å². The summed E-state index contributed by atoms with van der Waals surface area (Å²) in [6, 6.07) is 17.7. The third kappa shape index (κ3) is 6.18. The molecule has 2 aliphatic rings. The summed E-state index contributed by atoms with van der Waals surface area (Å²) < 4.78 is 10.8. The predicted molar refractivity (Wildman–Crippen MR) is 128 cm³/mol. The van der Waals surface area contributed by atoms with E-state index in [0.29, 0.717) is 31.7 Å². The Labute approximate surface area is 195 Å². The summed E-state index contributed by atoms with van der Waals surface area (Å²) in [6.07, 6.45) is 3.28. The Morgan fingerprint density at radius 3 is 2.18 bits per heavy atom. The summed E-state index contributed by atoms with van der Waals surface area (Å²) in [6.45, 7) is 3.08. The molecule has 2 aromatic rings. The molecule has 2 saturated heterocycles. The minimum Gasteiger partial charge on any atom is -0.497 e. The number of hydrogen-bond donors (Lipinski definition) is 1. The highest BCUT2D eigenvalue weighted by atomic mass is 16.5. The highest BCUT2D eigenvalue weighted by Gasteiger charge is 2.29. The second kappa shape index (κ2) is 11.1. The number of anilines is 1. The number of rotatable bonds is 7. The number of nitrogens with zero attached hydrogens (tertiary/aromatic N) is 2. The van der Waals surface area contributed by atoms with Gasteiger partial charge in [0.1, 0.15) is 11.5 Å². The van der Waals surface area contributed by atoms with E-state index in [4.69, 9.17) is 9.47 Å². The highest BCUT2D eigenvalue weighted by Crippen LogP contribution is 2.24. The van der Waals surface area contributed by atoms with Crippen molar-refractivity contribution in [2.24, 2.45) is 5.92 Å². The molecular formula is C26H33N3O4. The zero-order valence-electron chi connectivity index (χ0n) is 19.2. The van der Waals surface area contributed by atoms with Crippen molar-refractivity contribution in [2.45, 2.75) is 31.7 Å². The van der Waals surface area contributed by atoms with Crippen LogP contribution in [0.2, 0.25) is 0 Å². The zero-order valence-corrected chi connectivity index (χ0v) is 19.2. The smallest absolute Gasteiger partial charge is 0.260 e. The molecule has 176 valence electrons. The van der Waals surface area contributed by atoms with Gasteiger partial charge in [-0.1, -0.05) is 18.2 Å². The van der Waals surface area contributed by atoms with Crippen LogP contribution in [-0.2, 0) is 9.59 Å². The van der Waals surface area contributed by atoms with Crippen molar-refractivity contribution >= 4 is 17.5 Å². The van der Waals surface area contributed by atoms with Gasteiger partial charge in [0.15, 0.2) is 6.61 Å². The van der Waals surface area contributed by atoms with E-state index < -0.39 is 0 Å². The number of amides is 2. The lowest BCUT2D eigenvalue weighted by Crippen LogP contribution is -2.49. The van der Waals surface area contributed by atoms with Crippen LogP contribution in [0, 0.1) is 5.92 Å². The summed E-state index contributed by atoms with van der Waals surface area (Å²) in [5, 5.41) is 3.26. The molecule has 0 spiro atoms. The first kappa shape index (κ1) is 23.0. The molecular weight excluding hydrogens is 418 g/mol.